The maximum atomic E-state index is 12.6. The van der Waals surface area contributed by atoms with Crippen molar-refractivity contribution in [1.29, 1.82) is 0 Å². The van der Waals surface area contributed by atoms with Crippen molar-refractivity contribution >= 4 is 23.2 Å². The zero-order chi connectivity index (χ0) is 17.1. The lowest BCUT2D eigenvalue weighted by Gasteiger charge is -2.35. The summed E-state index contributed by atoms with van der Waals surface area (Å²) in [4.78, 5) is 32.7. The van der Waals surface area contributed by atoms with Crippen molar-refractivity contribution in [3.63, 3.8) is 0 Å². The molecule has 1 aromatic carbocycles. The first-order chi connectivity index (χ1) is 11.6. The second kappa shape index (κ2) is 7.13. The molecule has 0 spiro atoms. The highest BCUT2D eigenvalue weighted by atomic mass is 32.1. The summed E-state index contributed by atoms with van der Waals surface area (Å²) in [7, 11) is 0. The summed E-state index contributed by atoms with van der Waals surface area (Å²) in [5.41, 5.74) is 1.51. The fraction of sp³-hybridized carbons (Fsp3) is 0.389. The van der Waals surface area contributed by atoms with E-state index in [-0.39, 0.29) is 17.7 Å². The van der Waals surface area contributed by atoms with E-state index in [1.807, 2.05) is 54.5 Å². The average Bonchev–Trinajstić information content (AvgIpc) is 3.11. The zero-order valence-corrected chi connectivity index (χ0v) is 14.8. The van der Waals surface area contributed by atoms with Crippen LogP contribution in [0.15, 0.2) is 35.7 Å². The lowest BCUT2D eigenvalue weighted by Crippen LogP contribution is -2.51. The van der Waals surface area contributed by atoms with E-state index in [9.17, 15) is 9.59 Å². The number of carbonyl (C=O) groups is 2. The summed E-state index contributed by atoms with van der Waals surface area (Å²) in [6, 6.07) is 9.86. The maximum absolute atomic E-state index is 12.6. The Morgan fingerprint density at radius 3 is 2.29 bits per heavy atom. The van der Waals surface area contributed by atoms with Crippen molar-refractivity contribution in [2.75, 3.05) is 26.2 Å². The molecular formula is C18H21N3O2S. The number of benzene rings is 1. The molecule has 0 saturated carbocycles. The number of hydrogen-bond acceptors (Lipinski definition) is 4. The molecule has 1 fully saturated rings. The number of carbonyl (C=O) groups excluding carboxylic acids is 2. The van der Waals surface area contributed by atoms with E-state index < -0.39 is 0 Å². The quantitative estimate of drug-likeness (QED) is 0.861. The standard InChI is InChI=1S/C18H21N3O2S/c1-13(2)17(22)20-8-10-21(11-9-20)18(23)15-12-24-16(19-15)14-6-4-3-5-7-14/h3-7,12-13H,8-11H2,1-2H3. The molecule has 6 heteroatoms. The minimum absolute atomic E-state index is 0.000720. The molecule has 1 aliphatic heterocycles. The van der Waals surface area contributed by atoms with Gasteiger partial charge in [0.2, 0.25) is 5.91 Å². The molecule has 0 unspecified atom stereocenters. The Morgan fingerprint density at radius 2 is 1.67 bits per heavy atom. The van der Waals surface area contributed by atoms with Crippen molar-refractivity contribution in [2.45, 2.75) is 13.8 Å². The average molecular weight is 343 g/mol. The first-order valence-electron chi connectivity index (χ1n) is 8.15. The summed E-state index contributed by atoms with van der Waals surface area (Å²) in [6.45, 7) is 6.13. The molecule has 5 nitrogen and oxygen atoms in total. The van der Waals surface area contributed by atoms with Gasteiger partial charge in [0.15, 0.2) is 0 Å². The molecule has 0 N–H and O–H groups in total. The topological polar surface area (TPSA) is 53.5 Å². The third kappa shape index (κ3) is 3.48. The van der Waals surface area contributed by atoms with Crippen LogP contribution in [0.4, 0.5) is 0 Å². The van der Waals surface area contributed by atoms with Crippen molar-refractivity contribution in [3.05, 3.63) is 41.4 Å². The summed E-state index contributed by atoms with van der Waals surface area (Å²) in [6.07, 6.45) is 0. The first-order valence-corrected chi connectivity index (χ1v) is 9.03. The number of amides is 2. The monoisotopic (exact) mass is 343 g/mol. The summed E-state index contributed by atoms with van der Waals surface area (Å²) >= 11 is 1.48. The van der Waals surface area contributed by atoms with Crippen LogP contribution in [-0.4, -0.2) is 52.8 Å². The molecule has 126 valence electrons. The van der Waals surface area contributed by atoms with Crippen LogP contribution in [-0.2, 0) is 4.79 Å². The van der Waals surface area contributed by atoms with Crippen molar-refractivity contribution in [1.82, 2.24) is 14.8 Å². The minimum Gasteiger partial charge on any atom is -0.339 e. The third-order valence-corrected chi connectivity index (χ3v) is 5.01. The molecule has 0 bridgehead atoms. The second-order valence-electron chi connectivity index (χ2n) is 6.18. The Morgan fingerprint density at radius 1 is 1.04 bits per heavy atom. The van der Waals surface area contributed by atoms with E-state index in [1.165, 1.54) is 11.3 Å². The van der Waals surface area contributed by atoms with Gasteiger partial charge >= 0.3 is 0 Å². The molecular weight excluding hydrogens is 322 g/mol. The molecule has 0 atom stereocenters. The number of hydrogen-bond donors (Lipinski definition) is 0. The second-order valence-corrected chi connectivity index (χ2v) is 7.03. The molecule has 0 radical (unpaired) electrons. The van der Waals surface area contributed by atoms with Gasteiger partial charge in [-0.25, -0.2) is 4.98 Å². The predicted octanol–water partition coefficient (Wildman–Crippen LogP) is 2.75. The van der Waals surface area contributed by atoms with Crippen molar-refractivity contribution < 1.29 is 9.59 Å². The highest BCUT2D eigenvalue weighted by Crippen LogP contribution is 2.24. The van der Waals surface area contributed by atoms with Gasteiger partial charge in [0, 0.05) is 43.0 Å². The van der Waals surface area contributed by atoms with Crippen molar-refractivity contribution in [3.8, 4) is 10.6 Å². The Hall–Kier alpha value is -2.21. The van der Waals surface area contributed by atoms with E-state index in [1.54, 1.807) is 4.90 Å². The molecule has 1 saturated heterocycles. The van der Waals surface area contributed by atoms with Gasteiger partial charge in [-0.1, -0.05) is 44.2 Å². The van der Waals surface area contributed by atoms with Crippen molar-refractivity contribution in [2.24, 2.45) is 5.92 Å². The number of piperazine rings is 1. The smallest absolute Gasteiger partial charge is 0.273 e. The van der Waals surface area contributed by atoms with E-state index in [4.69, 9.17) is 0 Å². The zero-order valence-electron chi connectivity index (χ0n) is 13.9. The van der Waals surface area contributed by atoms with Crippen LogP contribution in [0.1, 0.15) is 24.3 Å². The molecule has 2 amide bonds. The molecule has 1 aliphatic rings. The molecule has 24 heavy (non-hydrogen) atoms. The molecule has 2 heterocycles. The lowest BCUT2D eigenvalue weighted by atomic mass is 10.1. The molecule has 2 aromatic rings. The maximum Gasteiger partial charge on any atom is 0.273 e. The SMILES string of the molecule is CC(C)C(=O)N1CCN(C(=O)c2csc(-c3ccccc3)n2)CC1. The number of nitrogens with zero attached hydrogens (tertiary/aromatic N) is 3. The van der Waals surface area contributed by atoms with Crippen LogP contribution in [0.25, 0.3) is 10.6 Å². The van der Waals surface area contributed by atoms with Crippen LogP contribution in [0.5, 0.6) is 0 Å². The lowest BCUT2D eigenvalue weighted by molar-refractivity contribution is -0.135. The number of rotatable bonds is 3. The van der Waals surface area contributed by atoms with Gasteiger partial charge in [-0.05, 0) is 0 Å². The third-order valence-electron chi connectivity index (χ3n) is 4.12. The fourth-order valence-corrected chi connectivity index (χ4v) is 3.54. The molecule has 3 rings (SSSR count). The Balaban J connectivity index is 1.64. The van der Waals surface area contributed by atoms with E-state index >= 15 is 0 Å². The minimum atomic E-state index is -0.0509. The molecule has 1 aromatic heterocycles. The summed E-state index contributed by atoms with van der Waals surface area (Å²) < 4.78 is 0. The highest BCUT2D eigenvalue weighted by molar-refractivity contribution is 7.13. The summed E-state index contributed by atoms with van der Waals surface area (Å²) in [5, 5.41) is 2.67. The van der Waals surface area contributed by atoms with E-state index in [2.05, 4.69) is 4.98 Å². The predicted molar refractivity (Wildman–Crippen MR) is 94.9 cm³/mol. The van der Waals surface area contributed by atoms with Crippen LogP contribution in [0.2, 0.25) is 0 Å². The van der Waals surface area contributed by atoms with Crippen LogP contribution in [0, 0.1) is 5.92 Å². The van der Waals surface area contributed by atoms with Gasteiger partial charge in [-0.2, -0.15) is 0 Å². The highest BCUT2D eigenvalue weighted by Gasteiger charge is 2.27. The van der Waals surface area contributed by atoms with Gasteiger partial charge < -0.3 is 9.80 Å². The summed E-state index contributed by atoms with van der Waals surface area (Å²) in [5.74, 6) is 0.103. The van der Waals surface area contributed by atoms with Gasteiger partial charge in [0.25, 0.3) is 5.91 Å². The molecule has 0 aliphatic carbocycles. The number of thiazole rings is 1. The van der Waals surface area contributed by atoms with Gasteiger partial charge in [-0.15, -0.1) is 11.3 Å². The van der Waals surface area contributed by atoms with E-state index in [0.29, 0.717) is 31.9 Å². The fourth-order valence-electron chi connectivity index (χ4n) is 2.74. The largest absolute Gasteiger partial charge is 0.339 e. The Labute approximate surface area is 145 Å². The van der Waals surface area contributed by atoms with E-state index in [0.717, 1.165) is 10.6 Å². The Bertz CT molecular complexity index is 719. The normalized spacial score (nSPS) is 15.0. The van der Waals surface area contributed by atoms with Gasteiger partial charge in [0.05, 0.1) is 0 Å². The van der Waals surface area contributed by atoms with Crippen LogP contribution in [0.3, 0.4) is 0 Å². The van der Waals surface area contributed by atoms with Gasteiger partial charge in [0.1, 0.15) is 10.7 Å². The van der Waals surface area contributed by atoms with Crippen LogP contribution < -0.4 is 0 Å². The Kier molecular flexibility index (Phi) is 4.94. The van der Waals surface area contributed by atoms with Crippen LogP contribution >= 0.6 is 11.3 Å². The first kappa shape index (κ1) is 16.6. The van der Waals surface area contributed by atoms with Gasteiger partial charge in [-0.3, -0.25) is 9.59 Å². The number of aromatic nitrogens is 1.